The number of esters is 1. The minimum absolute atomic E-state index is 0.174. The summed E-state index contributed by atoms with van der Waals surface area (Å²) in [7, 11) is 0. The van der Waals surface area contributed by atoms with E-state index in [1.165, 1.54) is 0 Å². The molecule has 0 bridgehead atoms. The predicted octanol–water partition coefficient (Wildman–Crippen LogP) is 3.91. The summed E-state index contributed by atoms with van der Waals surface area (Å²) in [6.07, 6.45) is 0.867. The monoisotopic (exact) mass is 385 g/mol. The zero-order valence-corrected chi connectivity index (χ0v) is 16.6. The fourth-order valence-corrected chi connectivity index (χ4v) is 2.56. The number of hydrogen-bond acceptors (Lipinski definition) is 5. The Morgan fingerprint density at radius 1 is 1.00 bits per heavy atom. The lowest BCUT2D eigenvalue weighted by Gasteiger charge is -2.15. The Labute approximate surface area is 165 Å². The average Bonchev–Trinajstić information content (AvgIpc) is 2.71. The maximum atomic E-state index is 12.3. The molecule has 150 valence electrons. The van der Waals surface area contributed by atoms with Gasteiger partial charge < -0.3 is 19.5 Å². The molecule has 0 radical (unpaired) electrons. The van der Waals surface area contributed by atoms with Crippen molar-refractivity contribution in [2.24, 2.45) is 0 Å². The molecule has 28 heavy (non-hydrogen) atoms. The molecule has 0 aliphatic heterocycles. The van der Waals surface area contributed by atoms with E-state index < -0.39 is 5.97 Å². The van der Waals surface area contributed by atoms with Crippen LogP contribution in [0.25, 0.3) is 0 Å². The van der Waals surface area contributed by atoms with Crippen LogP contribution in [0.3, 0.4) is 0 Å². The van der Waals surface area contributed by atoms with Crippen molar-refractivity contribution in [3.05, 3.63) is 59.7 Å². The number of hydrogen-bond donors (Lipinski definition) is 1. The van der Waals surface area contributed by atoms with Crippen molar-refractivity contribution in [1.82, 2.24) is 5.32 Å². The highest BCUT2D eigenvalue weighted by molar-refractivity contribution is 5.92. The first-order valence-electron chi connectivity index (χ1n) is 9.46. The van der Waals surface area contributed by atoms with E-state index in [0.29, 0.717) is 30.3 Å². The van der Waals surface area contributed by atoms with E-state index in [2.05, 4.69) is 5.32 Å². The maximum Gasteiger partial charge on any atom is 0.338 e. The molecule has 0 aromatic heterocycles. The summed E-state index contributed by atoms with van der Waals surface area (Å²) in [5.74, 6) is 0.102. The number of rotatable bonds is 10. The van der Waals surface area contributed by atoms with Crippen molar-refractivity contribution in [2.75, 3.05) is 19.8 Å². The van der Waals surface area contributed by atoms with Crippen LogP contribution in [0.5, 0.6) is 11.5 Å². The van der Waals surface area contributed by atoms with Gasteiger partial charge in [0, 0.05) is 0 Å². The van der Waals surface area contributed by atoms with E-state index in [0.717, 1.165) is 12.0 Å². The number of nitrogens with one attached hydrogen (secondary N) is 1. The summed E-state index contributed by atoms with van der Waals surface area (Å²) in [6.45, 7) is 6.39. The summed E-state index contributed by atoms with van der Waals surface area (Å²) in [5.41, 5.74) is 1.28. The smallest absolute Gasteiger partial charge is 0.338 e. The molecule has 0 fully saturated rings. The molecule has 6 heteroatoms. The van der Waals surface area contributed by atoms with Crippen molar-refractivity contribution in [2.45, 2.75) is 33.2 Å². The van der Waals surface area contributed by atoms with Gasteiger partial charge in [-0.2, -0.15) is 0 Å². The molecule has 1 N–H and O–H groups in total. The molecule has 0 heterocycles. The zero-order chi connectivity index (χ0) is 20.4. The second-order valence-electron chi connectivity index (χ2n) is 6.22. The molecule has 2 rings (SSSR count). The van der Waals surface area contributed by atoms with Crippen molar-refractivity contribution in [1.29, 1.82) is 0 Å². The Hall–Kier alpha value is -3.02. The Morgan fingerprint density at radius 3 is 2.43 bits per heavy atom. The molecule has 1 atom stereocenters. The van der Waals surface area contributed by atoms with Crippen LogP contribution in [0.4, 0.5) is 0 Å². The molecule has 0 aliphatic carbocycles. The average molecular weight is 385 g/mol. The summed E-state index contributed by atoms with van der Waals surface area (Å²) in [4.78, 5) is 24.4. The molecule has 1 amide bonds. The van der Waals surface area contributed by atoms with Crippen LogP contribution in [0, 0.1) is 0 Å². The number of carbonyl (C=O) groups excluding carboxylic acids is 2. The van der Waals surface area contributed by atoms with Crippen LogP contribution in [0.15, 0.2) is 48.5 Å². The Bertz CT molecular complexity index is 776. The minimum atomic E-state index is -0.592. The van der Waals surface area contributed by atoms with Gasteiger partial charge in [-0.25, -0.2) is 4.79 Å². The molecule has 2 aromatic rings. The normalized spacial score (nSPS) is 11.4. The quantitative estimate of drug-likeness (QED) is 0.628. The lowest BCUT2D eigenvalue weighted by molar-refractivity contribution is -0.124. The third-order valence-corrected chi connectivity index (χ3v) is 3.95. The summed E-state index contributed by atoms with van der Waals surface area (Å²) >= 11 is 0. The van der Waals surface area contributed by atoms with Gasteiger partial charge in [-0.05, 0) is 44.0 Å². The van der Waals surface area contributed by atoms with Crippen molar-refractivity contribution >= 4 is 11.9 Å². The number of benzene rings is 2. The molecular weight excluding hydrogens is 358 g/mol. The molecule has 1 unspecified atom stereocenters. The van der Waals surface area contributed by atoms with Crippen molar-refractivity contribution < 1.29 is 23.8 Å². The predicted molar refractivity (Wildman–Crippen MR) is 107 cm³/mol. The highest BCUT2D eigenvalue weighted by Crippen LogP contribution is 2.29. The molecule has 0 aliphatic rings. The third-order valence-electron chi connectivity index (χ3n) is 3.95. The minimum Gasteiger partial charge on any atom is -0.490 e. The van der Waals surface area contributed by atoms with E-state index in [4.69, 9.17) is 14.2 Å². The van der Waals surface area contributed by atoms with Gasteiger partial charge >= 0.3 is 5.97 Å². The van der Waals surface area contributed by atoms with E-state index in [1.54, 1.807) is 18.2 Å². The number of amides is 1. The topological polar surface area (TPSA) is 73.9 Å². The largest absolute Gasteiger partial charge is 0.490 e. The molecule has 6 nitrogen and oxygen atoms in total. The Balaban J connectivity index is 1.92. The first-order valence-corrected chi connectivity index (χ1v) is 9.46. The summed E-state index contributed by atoms with van der Waals surface area (Å²) in [6, 6.07) is 14.2. The van der Waals surface area contributed by atoms with Gasteiger partial charge in [0.2, 0.25) is 0 Å². The molecule has 0 saturated heterocycles. The summed E-state index contributed by atoms with van der Waals surface area (Å²) in [5, 5.41) is 2.81. The van der Waals surface area contributed by atoms with Crippen LogP contribution in [-0.4, -0.2) is 31.7 Å². The van der Waals surface area contributed by atoms with E-state index in [9.17, 15) is 9.59 Å². The van der Waals surface area contributed by atoms with Crippen LogP contribution in [-0.2, 0) is 9.53 Å². The lowest BCUT2D eigenvalue weighted by atomic mass is 10.1. The van der Waals surface area contributed by atoms with Gasteiger partial charge in [0.25, 0.3) is 5.91 Å². The van der Waals surface area contributed by atoms with E-state index in [1.807, 2.05) is 51.1 Å². The molecular formula is C22H27NO5. The molecule has 2 aromatic carbocycles. The first kappa shape index (κ1) is 21.3. The van der Waals surface area contributed by atoms with Crippen LogP contribution in [0.1, 0.15) is 49.2 Å². The van der Waals surface area contributed by atoms with Gasteiger partial charge in [-0.15, -0.1) is 0 Å². The van der Waals surface area contributed by atoms with E-state index >= 15 is 0 Å². The highest BCUT2D eigenvalue weighted by atomic mass is 16.5. The third kappa shape index (κ3) is 6.30. The number of ether oxygens (including phenoxy) is 3. The van der Waals surface area contributed by atoms with Crippen LogP contribution < -0.4 is 14.8 Å². The Kier molecular flexibility index (Phi) is 8.34. The molecule has 0 spiro atoms. The SMILES string of the molecule is CCCOc1ccc(C(=O)OCC(=O)NC(C)c2ccccc2)cc1OCC. The number of carbonyl (C=O) groups is 2. The summed E-state index contributed by atoms with van der Waals surface area (Å²) < 4.78 is 16.3. The highest BCUT2D eigenvalue weighted by Gasteiger charge is 2.15. The van der Waals surface area contributed by atoms with Gasteiger partial charge in [-0.3, -0.25) is 4.79 Å². The molecule has 0 saturated carbocycles. The van der Waals surface area contributed by atoms with Gasteiger partial charge in [-0.1, -0.05) is 37.3 Å². The van der Waals surface area contributed by atoms with Crippen LogP contribution >= 0.6 is 0 Å². The van der Waals surface area contributed by atoms with Crippen molar-refractivity contribution in [3.8, 4) is 11.5 Å². The fraction of sp³-hybridized carbons (Fsp3) is 0.364. The Morgan fingerprint density at radius 2 is 1.75 bits per heavy atom. The standard InChI is InChI=1S/C22H27NO5/c1-4-13-27-19-12-11-18(14-20(19)26-5-2)22(25)28-15-21(24)23-16(3)17-9-7-6-8-10-17/h6-12,14,16H,4-5,13,15H2,1-3H3,(H,23,24). The maximum absolute atomic E-state index is 12.3. The fourth-order valence-electron chi connectivity index (χ4n) is 2.56. The van der Waals surface area contributed by atoms with Gasteiger partial charge in [0.15, 0.2) is 18.1 Å². The van der Waals surface area contributed by atoms with Crippen molar-refractivity contribution in [3.63, 3.8) is 0 Å². The van der Waals surface area contributed by atoms with Gasteiger partial charge in [0.05, 0.1) is 24.8 Å². The first-order chi connectivity index (χ1) is 13.5. The van der Waals surface area contributed by atoms with Gasteiger partial charge in [0.1, 0.15) is 0 Å². The van der Waals surface area contributed by atoms with Crippen LogP contribution in [0.2, 0.25) is 0 Å². The van der Waals surface area contributed by atoms with E-state index in [-0.39, 0.29) is 18.6 Å². The zero-order valence-electron chi connectivity index (χ0n) is 16.6. The second kappa shape index (κ2) is 11.0. The lowest BCUT2D eigenvalue weighted by Crippen LogP contribution is -2.31. The second-order valence-corrected chi connectivity index (χ2v) is 6.22.